The third-order valence-electron chi connectivity index (χ3n) is 1.99. The van der Waals surface area contributed by atoms with Crippen LogP contribution in [0, 0.1) is 0 Å². The Kier molecular flexibility index (Phi) is 3.11. The van der Waals surface area contributed by atoms with Gasteiger partial charge in [-0.1, -0.05) is 15.9 Å². The molecule has 82 valence electrons. The van der Waals surface area contributed by atoms with Gasteiger partial charge in [-0.05, 0) is 34.1 Å². The molecule has 4 nitrogen and oxygen atoms in total. The number of carbonyl (C=O) groups is 1. The van der Waals surface area contributed by atoms with E-state index >= 15 is 0 Å². The van der Waals surface area contributed by atoms with Gasteiger partial charge in [-0.3, -0.25) is 0 Å². The lowest BCUT2D eigenvalue weighted by Crippen LogP contribution is -1.96. The number of aromatic carboxylic acids is 1. The van der Waals surface area contributed by atoms with E-state index in [4.69, 9.17) is 5.11 Å². The molecule has 1 aromatic carbocycles. The minimum Gasteiger partial charge on any atom is -0.476 e. The molecule has 1 N–H and O–H groups in total. The predicted molar refractivity (Wildman–Crippen MR) is 65.9 cm³/mol. The third-order valence-corrected chi connectivity index (χ3v) is 3.15. The molecule has 1 aromatic heterocycles. The van der Waals surface area contributed by atoms with Gasteiger partial charge in [0.05, 0.1) is 5.69 Å². The Morgan fingerprint density at radius 3 is 2.75 bits per heavy atom. The second-order valence-corrected chi connectivity index (χ2v) is 4.84. The van der Waals surface area contributed by atoms with Crippen LogP contribution >= 0.6 is 31.9 Å². The molecule has 0 amide bonds. The fourth-order valence-electron chi connectivity index (χ4n) is 1.25. The van der Waals surface area contributed by atoms with Gasteiger partial charge in [-0.15, -0.1) is 0 Å². The van der Waals surface area contributed by atoms with Gasteiger partial charge in [-0.25, -0.2) is 9.78 Å². The Labute approximate surface area is 108 Å². The molecule has 0 bridgehead atoms. The van der Waals surface area contributed by atoms with Crippen LogP contribution in [0.1, 0.15) is 10.5 Å². The van der Waals surface area contributed by atoms with Crippen LogP contribution in [0.25, 0.3) is 5.69 Å². The molecule has 2 rings (SSSR count). The second-order valence-electron chi connectivity index (χ2n) is 3.07. The molecule has 0 atom stereocenters. The van der Waals surface area contributed by atoms with Gasteiger partial charge in [-0.2, -0.15) is 0 Å². The molecule has 0 unspecified atom stereocenters. The summed E-state index contributed by atoms with van der Waals surface area (Å²) < 4.78 is 3.43. The minimum atomic E-state index is -1.04. The average Bonchev–Trinajstić information content (AvgIpc) is 2.70. The normalized spacial score (nSPS) is 10.4. The van der Waals surface area contributed by atoms with Crippen molar-refractivity contribution in [3.05, 3.63) is 45.4 Å². The Bertz CT molecular complexity index is 552. The van der Waals surface area contributed by atoms with Crippen LogP contribution in [0.5, 0.6) is 0 Å². The molecular formula is C10H6Br2N2O2. The molecule has 0 aliphatic heterocycles. The van der Waals surface area contributed by atoms with Gasteiger partial charge in [0.25, 0.3) is 0 Å². The monoisotopic (exact) mass is 344 g/mol. The third kappa shape index (κ3) is 2.17. The van der Waals surface area contributed by atoms with E-state index in [2.05, 4.69) is 36.8 Å². The first-order valence-corrected chi connectivity index (χ1v) is 5.89. The van der Waals surface area contributed by atoms with Gasteiger partial charge in [0.1, 0.15) is 6.33 Å². The first-order valence-electron chi connectivity index (χ1n) is 4.30. The number of imidazole rings is 1. The molecule has 0 fully saturated rings. The number of rotatable bonds is 2. The van der Waals surface area contributed by atoms with Gasteiger partial charge >= 0.3 is 5.97 Å². The Morgan fingerprint density at radius 1 is 1.38 bits per heavy atom. The molecule has 0 spiro atoms. The lowest BCUT2D eigenvalue weighted by molar-refractivity contribution is 0.0691. The van der Waals surface area contributed by atoms with Crippen molar-refractivity contribution in [3.63, 3.8) is 0 Å². The molecule has 16 heavy (non-hydrogen) atoms. The van der Waals surface area contributed by atoms with E-state index in [0.29, 0.717) is 0 Å². The summed E-state index contributed by atoms with van der Waals surface area (Å²) in [6.07, 6.45) is 2.94. The predicted octanol–water partition coefficient (Wildman–Crippen LogP) is 3.10. The number of carboxylic acids is 1. The number of aromatic nitrogens is 2. The van der Waals surface area contributed by atoms with E-state index in [1.807, 2.05) is 18.2 Å². The van der Waals surface area contributed by atoms with Crippen LogP contribution in [0.3, 0.4) is 0 Å². The zero-order chi connectivity index (χ0) is 11.7. The highest BCUT2D eigenvalue weighted by Gasteiger charge is 2.09. The van der Waals surface area contributed by atoms with Crippen molar-refractivity contribution in [2.24, 2.45) is 0 Å². The number of hydrogen-bond donors (Lipinski definition) is 1. The molecule has 1 heterocycles. The van der Waals surface area contributed by atoms with E-state index in [9.17, 15) is 4.79 Å². The summed E-state index contributed by atoms with van der Waals surface area (Å²) in [7, 11) is 0. The van der Waals surface area contributed by atoms with Gasteiger partial charge in [0, 0.05) is 15.1 Å². The van der Waals surface area contributed by atoms with Gasteiger partial charge < -0.3 is 9.67 Å². The van der Waals surface area contributed by atoms with E-state index in [1.54, 1.807) is 4.57 Å². The van der Waals surface area contributed by atoms with Gasteiger partial charge in [0.15, 0.2) is 5.69 Å². The number of halogens is 2. The first kappa shape index (κ1) is 11.3. The molecule has 0 aliphatic carbocycles. The molecule has 0 saturated carbocycles. The zero-order valence-corrected chi connectivity index (χ0v) is 11.1. The summed E-state index contributed by atoms with van der Waals surface area (Å²) in [5.41, 5.74) is 0.848. The lowest BCUT2D eigenvalue weighted by atomic mass is 10.3. The fraction of sp³-hybridized carbons (Fsp3) is 0. The van der Waals surface area contributed by atoms with Crippen LogP contribution < -0.4 is 0 Å². The first-order chi connectivity index (χ1) is 7.58. The summed E-state index contributed by atoms with van der Waals surface area (Å²) in [6, 6.07) is 5.64. The number of nitrogens with zero attached hydrogens (tertiary/aromatic N) is 2. The summed E-state index contributed by atoms with van der Waals surface area (Å²) in [5, 5.41) is 8.77. The van der Waals surface area contributed by atoms with Crippen molar-refractivity contribution in [2.45, 2.75) is 0 Å². The van der Waals surface area contributed by atoms with E-state index < -0.39 is 5.97 Å². The maximum absolute atomic E-state index is 10.7. The maximum Gasteiger partial charge on any atom is 0.356 e. The maximum atomic E-state index is 10.7. The highest BCUT2D eigenvalue weighted by Crippen LogP contribution is 2.25. The summed E-state index contributed by atoms with van der Waals surface area (Å²) in [4.78, 5) is 14.5. The van der Waals surface area contributed by atoms with Crippen molar-refractivity contribution in [1.82, 2.24) is 9.55 Å². The molecule has 0 radical (unpaired) electrons. The zero-order valence-electron chi connectivity index (χ0n) is 7.89. The van der Waals surface area contributed by atoms with Crippen LogP contribution in [0.15, 0.2) is 39.7 Å². The topological polar surface area (TPSA) is 55.1 Å². The molecule has 0 aliphatic rings. The van der Waals surface area contributed by atoms with Crippen molar-refractivity contribution in [3.8, 4) is 5.69 Å². The largest absolute Gasteiger partial charge is 0.476 e. The van der Waals surface area contributed by atoms with Crippen molar-refractivity contribution < 1.29 is 9.90 Å². The lowest BCUT2D eigenvalue weighted by Gasteiger charge is -2.05. The molecule has 2 aromatic rings. The Hall–Kier alpha value is -1.14. The molecular weight excluding hydrogens is 340 g/mol. The highest BCUT2D eigenvalue weighted by atomic mass is 79.9. The van der Waals surface area contributed by atoms with E-state index in [0.717, 1.165) is 14.6 Å². The average molecular weight is 346 g/mol. The van der Waals surface area contributed by atoms with Crippen molar-refractivity contribution >= 4 is 37.8 Å². The van der Waals surface area contributed by atoms with Crippen LogP contribution in [-0.2, 0) is 0 Å². The SMILES string of the molecule is O=C(O)c1cn(-c2cc(Br)ccc2Br)cn1. The second kappa shape index (κ2) is 4.39. The summed E-state index contributed by atoms with van der Waals surface area (Å²) in [6.45, 7) is 0. The van der Waals surface area contributed by atoms with Crippen LogP contribution in [0.4, 0.5) is 0 Å². The highest BCUT2D eigenvalue weighted by molar-refractivity contribution is 9.11. The van der Waals surface area contributed by atoms with E-state index in [1.165, 1.54) is 12.5 Å². The van der Waals surface area contributed by atoms with Crippen LogP contribution in [0.2, 0.25) is 0 Å². The van der Waals surface area contributed by atoms with Crippen molar-refractivity contribution in [2.75, 3.05) is 0 Å². The molecule has 0 saturated heterocycles. The Morgan fingerprint density at radius 2 is 2.12 bits per heavy atom. The Balaban J connectivity index is 2.50. The summed E-state index contributed by atoms with van der Waals surface area (Å²) in [5.74, 6) is -1.04. The number of carboxylic acid groups (broad SMARTS) is 1. The summed E-state index contributed by atoms with van der Waals surface area (Å²) >= 11 is 6.75. The van der Waals surface area contributed by atoms with E-state index in [-0.39, 0.29) is 5.69 Å². The number of hydrogen-bond acceptors (Lipinski definition) is 2. The minimum absolute atomic E-state index is 0.0203. The standard InChI is InChI=1S/C10H6Br2N2O2/c11-6-1-2-7(12)9(3-6)14-4-8(10(15)16)13-5-14/h1-5H,(H,15,16). The number of benzene rings is 1. The molecule has 6 heteroatoms. The van der Waals surface area contributed by atoms with Crippen molar-refractivity contribution in [1.29, 1.82) is 0 Å². The van der Waals surface area contributed by atoms with Gasteiger partial charge in [0.2, 0.25) is 0 Å². The smallest absolute Gasteiger partial charge is 0.356 e. The fourth-order valence-corrected chi connectivity index (χ4v) is 2.05. The van der Waals surface area contributed by atoms with Crippen LogP contribution in [-0.4, -0.2) is 20.6 Å². The quantitative estimate of drug-likeness (QED) is 0.909.